The van der Waals surface area contributed by atoms with E-state index in [1.165, 1.54) is 18.1 Å². The molecule has 0 saturated heterocycles. The lowest BCUT2D eigenvalue weighted by molar-refractivity contribution is 0.156. The topological polar surface area (TPSA) is 49.2 Å². The van der Waals surface area contributed by atoms with Gasteiger partial charge in [-0.15, -0.1) is 0 Å². The van der Waals surface area contributed by atoms with Crippen LogP contribution in [-0.2, 0) is 6.61 Å². The number of hydrogen-bond donors (Lipinski definition) is 1. The standard InChI is InChI=1S/C11H17F2N3O/c1-7(2)11-14-4-9(8(6-17)15-11)16(3)5-10(12)13/h4,7,10,17H,5-6H2,1-3H3. The summed E-state index contributed by atoms with van der Waals surface area (Å²) >= 11 is 0. The predicted molar refractivity (Wildman–Crippen MR) is 61.3 cm³/mol. The molecule has 17 heavy (non-hydrogen) atoms. The normalized spacial score (nSPS) is 11.3. The lowest BCUT2D eigenvalue weighted by atomic mass is 10.2. The van der Waals surface area contributed by atoms with E-state index in [4.69, 9.17) is 0 Å². The van der Waals surface area contributed by atoms with Crippen LogP contribution in [0.25, 0.3) is 0 Å². The van der Waals surface area contributed by atoms with Crippen LogP contribution in [0, 0.1) is 0 Å². The van der Waals surface area contributed by atoms with Crippen LogP contribution in [0.4, 0.5) is 14.5 Å². The zero-order valence-electron chi connectivity index (χ0n) is 10.2. The number of hydrogen-bond acceptors (Lipinski definition) is 4. The fraction of sp³-hybridized carbons (Fsp3) is 0.636. The number of rotatable bonds is 5. The summed E-state index contributed by atoms with van der Waals surface area (Å²) in [5.74, 6) is 0.734. The highest BCUT2D eigenvalue weighted by molar-refractivity contribution is 5.48. The van der Waals surface area contributed by atoms with Gasteiger partial charge in [0.15, 0.2) is 0 Å². The van der Waals surface area contributed by atoms with Crippen molar-refractivity contribution >= 4 is 5.69 Å². The molecule has 1 aromatic heterocycles. The molecule has 0 atom stereocenters. The first-order valence-corrected chi connectivity index (χ1v) is 5.41. The van der Waals surface area contributed by atoms with E-state index < -0.39 is 13.0 Å². The van der Waals surface area contributed by atoms with E-state index in [0.717, 1.165) is 0 Å². The molecule has 0 unspecified atom stereocenters. The van der Waals surface area contributed by atoms with Gasteiger partial charge in [0.1, 0.15) is 5.82 Å². The number of halogens is 2. The van der Waals surface area contributed by atoms with Gasteiger partial charge in [0.05, 0.1) is 30.7 Å². The van der Waals surface area contributed by atoms with E-state index in [9.17, 15) is 13.9 Å². The second-order valence-electron chi connectivity index (χ2n) is 4.14. The minimum absolute atomic E-state index is 0.134. The smallest absolute Gasteiger partial charge is 0.255 e. The molecule has 0 aromatic carbocycles. The molecular weight excluding hydrogens is 228 g/mol. The lowest BCUT2D eigenvalue weighted by Gasteiger charge is -2.21. The molecule has 6 heteroatoms. The van der Waals surface area contributed by atoms with Crippen LogP contribution in [0.2, 0.25) is 0 Å². The summed E-state index contributed by atoms with van der Waals surface area (Å²) in [6, 6.07) is 0. The third kappa shape index (κ3) is 3.59. The summed E-state index contributed by atoms with van der Waals surface area (Å²) in [5, 5.41) is 9.20. The molecule has 1 heterocycles. The Morgan fingerprint density at radius 2 is 2.06 bits per heavy atom. The summed E-state index contributed by atoms with van der Waals surface area (Å²) in [7, 11) is 1.53. The molecule has 1 aromatic rings. The number of anilines is 1. The molecule has 0 bridgehead atoms. The first-order chi connectivity index (χ1) is 7.95. The van der Waals surface area contributed by atoms with E-state index >= 15 is 0 Å². The molecule has 0 aliphatic heterocycles. The molecule has 1 N–H and O–H groups in total. The SMILES string of the molecule is CC(C)c1ncc(N(C)CC(F)F)c(CO)n1. The van der Waals surface area contributed by atoms with Gasteiger partial charge >= 0.3 is 0 Å². The Morgan fingerprint density at radius 1 is 1.41 bits per heavy atom. The fourth-order valence-corrected chi connectivity index (χ4v) is 1.44. The van der Waals surface area contributed by atoms with E-state index in [1.54, 1.807) is 0 Å². The van der Waals surface area contributed by atoms with Crippen molar-refractivity contribution in [1.29, 1.82) is 0 Å². The van der Waals surface area contributed by atoms with Crippen LogP contribution >= 0.6 is 0 Å². The molecule has 0 saturated carbocycles. The maximum Gasteiger partial charge on any atom is 0.255 e. The Balaban J connectivity index is 2.99. The van der Waals surface area contributed by atoms with Crippen molar-refractivity contribution in [3.63, 3.8) is 0 Å². The van der Waals surface area contributed by atoms with Crippen LogP contribution in [0.5, 0.6) is 0 Å². The van der Waals surface area contributed by atoms with Gasteiger partial charge < -0.3 is 10.0 Å². The second kappa shape index (κ2) is 5.86. The van der Waals surface area contributed by atoms with E-state index in [0.29, 0.717) is 17.2 Å². The summed E-state index contributed by atoms with van der Waals surface area (Å²) < 4.78 is 24.5. The maximum atomic E-state index is 12.3. The third-order valence-corrected chi connectivity index (χ3v) is 2.35. The number of nitrogens with zero attached hydrogens (tertiary/aromatic N) is 3. The molecule has 0 amide bonds. The molecule has 0 radical (unpaired) electrons. The van der Waals surface area contributed by atoms with Gasteiger partial charge in [-0.2, -0.15) is 0 Å². The highest BCUT2D eigenvalue weighted by Crippen LogP contribution is 2.20. The number of aliphatic hydroxyl groups is 1. The zero-order valence-corrected chi connectivity index (χ0v) is 10.2. The van der Waals surface area contributed by atoms with Gasteiger partial charge in [0.2, 0.25) is 0 Å². The molecule has 0 fully saturated rings. The van der Waals surface area contributed by atoms with Gasteiger partial charge in [-0.1, -0.05) is 13.8 Å². The Hall–Kier alpha value is -1.30. The summed E-state index contributed by atoms with van der Waals surface area (Å²) in [6.07, 6.45) is -0.952. The highest BCUT2D eigenvalue weighted by atomic mass is 19.3. The van der Waals surface area contributed by atoms with Crippen molar-refractivity contribution in [3.05, 3.63) is 17.7 Å². The Labute approximate surface area is 99.3 Å². The number of aliphatic hydroxyl groups excluding tert-OH is 1. The quantitative estimate of drug-likeness (QED) is 0.859. The van der Waals surface area contributed by atoms with Crippen molar-refractivity contribution in [3.8, 4) is 0 Å². The van der Waals surface area contributed by atoms with Crippen molar-refractivity contribution in [2.24, 2.45) is 0 Å². The van der Waals surface area contributed by atoms with Gasteiger partial charge in [0, 0.05) is 13.0 Å². The molecule has 96 valence electrons. The minimum Gasteiger partial charge on any atom is -0.390 e. The van der Waals surface area contributed by atoms with Crippen LogP contribution < -0.4 is 4.90 Å². The number of aromatic nitrogens is 2. The van der Waals surface area contributed by atoms with Crippen LogP contribution in [0.3, 0.4) is 0 Å². The van der Waals surface area contributed by atoms with Crippen molar-refractivity contribution in [1.82, 2.24) is 9.97 Å². The second-order valence-corrected chi connectivity index (χ2v) is 4.14. The van der Waals surface area contributed by atoms with Gasteiger partial charge in [-0.25, -0.2) is 18.7 Å². The first kappa shape index (κ1) is 13.8. The van der Waals surface area contributed by atoms with Crippen molar-refractivity contribution < 1.29 is 13.9 Å². The molecule has 0 aliphatic carbocycles. The van der Waals surface area contributed by atoms with E-state index in [-0.39, 0.29) is 12.5 Å². The molecule has 4 nitrogen and oxygen atoms in total. The molecule has 1 rings (SSSR count). The van der Waals surface area contributed by atoms with Gasteiger partial charge in [0.25, 0.3) is 6.43 Å². The average Bonchev–Trinajstić information content (AvgIpc) is 2.27. The van der Waals surface area contributed by atoms with Gasteiger partial charge in [-0.3, -0.25) is 0 Å². The Morgan fingerprint density at radius 3 is 2.53 bits per heavy atom. The van der Waals surface area contributed by atoms with Crippen LogP contribution in [-0.4, -0.2) is 35.1 Å². The summed E-state index contributed by atoms with van der Waals surface area (Å²) in [4.78, 5) is 9.63. The monoisotopic (exact) mass is 245 g/mol. The van der Waals surface area contributed by atoms with Crippen molar-refractivity contribution in [2.75, 3.05) is 18.5 Å². The van der Waals surface area contributed by atoms with E-state index in [1.807, 2.05) is 13.8 Å². The Bertz CT molecular complexity index is 372. The zero-order chi connectivity index (χ0) is 13.0. The van der Waals surface area contributed by atoms with Gasteiger partial charge in [-0.05, 0) is 0 Å². The predicted octanol–water partition coefficient (Wildman–Crippen LogP) is 1.79. The summed E-state index contributed by atoms with van der Waals surface area (Å²) in [6.45, 7) is 3.17. The third-order valence-electron chi connectivity index (χ3n) is 2.35. The fourth-order valence-electron chi connectivity index (χ4n) is 1.44. The largest absolute Gasteiger partial charge is 0.390 e. The minimum atomic E-state index is -2.43. The van der Waals surface area contributed by atoms with Crippen LogP contribution in [0.15, 0.2) is 6.20 Å². The Kier molecular flexibility index (Phi) is 4.74. The molecular formula is C11H17F2N3O. The van der Waals surface area contributed by atoms with Crippen molar-refractivity contribution in [2.45, 2.75) is 32.8 Å². The average molecular weight is 245 g/mol. The maximum absolute atomic E-state index is 12.3. The molecule has 0 aliphatic rings. The lowest BCUT2D eigenvalue weighted by Crippen LogP contribution is -2.26. The summed E-state index contributed by atoms with van der Waals surface area (Å²) in [5.41, 5.74) is 0.823. The van der Waals surface area contributed by atoms with E-state index in [2.05, 4.69) is 9.97 Å². The number of alkyl halides is 2. The molecule has 0 spiro atoms. The highest BCUT2D eigenvalue weighted by Gasteiger charge is 2.15. The first-order valence-electron chi connectivity index (χ1n) is 5.41. The van der Waals surface area contributed by atoms with Crippen LogP contribution in [0.1, 0.15) is 31.3 Å².